The minimum Gasteiger partial charge on any atom is -0.298 e. The predicted molar refractivity (Wildman–Crippen MR) is 104 cm³/mol. The van der Waals surface area contributed by atoms with Crippen molar-refractivity contribution in [3.05, 3.63) is 71.1 Å². The molecule has 0 aliphatic carbocycles. The lowest BCUT2D eigenvalue weighted by atomic mass is 10.1. The average molecular weight is 414 g/mol. The third-order valence-electron chi connectivity index (χ3n) is 3.93. The number of carbonyl (C=O) groups excluding carboxylic acids is 1. The highest BCUT2D eigenvalue weighted by Crippen LogP contribution is 2.22. The zero-order valence-electron chi connectivity index (χ0n) is 14.3. The predicted octanol–water partition coefficient (Wildman–Crippen LogP) is 1.68. The fourth-order valence-electron chi connectivity index (χ4n) is 2.60. The molecule has 0 aliphatic heterocycles. The first-order valence-electron chi connectivity index (χ1n) is 8.06. The molecule has 4 aromatic rings. The van der Waals surface area contributed by atoms with Gasteiger partial charge in [0.15, 0.2) is 10.8 Å². The number of primary sulfonamides is 1. The first-order chi connectivity index (χ1) is 13.4. The Morgan fingerprint density at radius 3 is 2.71 bits per heavy atom. The molecule has 0 saturated carbocycles. The molecule has 0 bridgehead atoms. The Kier molecular flexibility index (Phi) is 4.63. The van der Waals surface area contributed by atoms with E-state index in [1.54, 1.807) is 36.8 Å². The van der Waals surface area contributed by atoms with E-state index in [1.165, 1.54) is 34.2 Å². The van der Waals surface area contributed by atoms with Crippen LogP contribution in [0.1, 0.15) is 20.8 Å². The van der Waals surface area contributed by atoms with Gasteiger partial charge in [-0.15, -0.1) is 11.3 Å². The molecule has 0 spiro atoms. The Bertz CT molecular complexity index is 1260. The van der Waals surface area contributed by atoms with Gasteiger partial charge in [-0.25, -0.2) is 28.0 Å². The summed E-state index contributed by atoms with van der Waals surface area (Å²) in [7, 11) is -3.71. The van der Waals surface area contributed by atoms with Gasteiger partial charge in [0.25, 0.3) is 5.91 Å². The van der Waals surface area contributed by atoms with E-state index in [0.29, 0.717) is 22.8 Å². The summed E-state index contributed by atoms with van der Waals surface area (Å²) in [5, 5.41) is 12.4. The second kappa shape index (κ2) is 7.11. The van der Waals surface area contributed by atoms with Crippen molar-refractivity contribution in [2.45, 2.75) is 11.3 Å². The lowest BCUT2D eigenvalue weighted by molar-refractivity contribution is 0.102. The molecule has 0 saturated heterocycles. The van der Waals surface area contributed by atoms with Crippen molar-refractivity contribution in [3.63, 3.8) is 0 Å². The van der Waals surface area contributed by atoms with Crippen molar-refractivity contribution in [1.29, 1.82) is 0 Å². The fraction of sp³-hybridized carbons (Fsp3) is 0.0588. The van der Waals surface area contributed by atoms with E-state index < -0.39 is 10.0 Å². The molecule has 1 amide bonds. The van der Waals surface area contributed by atoms with Crippen molar-refractivity contribution in [1.82, 2.24) is 19.6 Å². The molecule has 0 aliphatic rings. The highest BCUT2D eigenvalue weighted by Gasteiger charge is 2.15. The molecule has 3 N–H and O–H groups in total. The molecule has 28 heavy (non-hydrogen) atoms. The number of nitrogens with one attached hydrogen (secondary N) is 1. The quantitative estimate of drug-likeness (QED) is 0.510. The summed E-state index contributed by atoms with van der Waals surface area (Å²) in [6.07, 6.45) is 6.98. The first-order valence-corrected chi connectivity index (χ1v) is 10.4. The van der Waals surface area contributed by atoms with E-state index in [-0.39, 0.29) is 10.8 Å². The van der Waals surface area contributed by atoms with Gasteiger partial charge < -0.3 is 0 Å². The van der Waals surface area contributed by atoms with Crippen molar-refractivity contribution < 1.29 is 13.2 Å². The number of fused-ring (bicyclic) bond motifs is 1. The van der Waals surface area contributed by atoms with Crippen LogP contribution in [-0.4, -0.2) is 33.9 Å². The highest BCUT2D eigenvalue weighted by molar-refractivity contribution is 7.89. The topological polar surface area (TPSA) is 132 Å². The maximum Gasteiger partial charge on any atom is 0.262 e. The summed E-state index contributed by atoms with van der Waals surface area (Å²) in [6, 6.07) is 8.05. The van der Waals surface area contributed by atoms with Crippen LogP contribution in [0.5, 0.6) is 0 Å². The van der Waals surface area contributed by atoms with Crippen LogP contribution in [0.3, 0.4) is 0 Å². The molecule has 3 aromatic heterocycles. The number of carbonyl (C=O) groups is 1. The van der Waals surface area contributed by atoms with Gasteiger partial charge in [0, 0.05) is 29.9 Å². The van der Waals surface area contributed by atoms with Crippen LogP contribution in [0.25, 0.3) is 5.65 Å². The third-order valence-corrected chi connectivity index (χ3v) is 5.77. The summed E-state index contributed by atoms with van der Waals surface area (Å²) in [6.45, 7) is 0. The normalized spacial score (nSPS) is 11.6. The van der Waals surface area contributed by atoms with E-state index in [0.717, 1.165) is 10.4 Å². The Labute approximate surface area is 163 Å². The number of rotatable bonds is 5. The number of anilines is 1. The summed E-state index contributed by atoms with van der Waals surface area (Å²) in [4.78, 5) is 21.8. The van der Waals surface area contributed by atoms with E-state index in [4.69, 9.17) is 5.14 Å². The third kappa shape index (κ3) is 3.76. The van der Waals surface area contributed by atoms with Gasteiger partial charge in [-0.3, -0.25) is 10.1 Å². The number of hydrogen-bond donors (Lipinski definition) is 2. The number of thiazole rings is 1. The number of aromatic nitrogens is 4. The Morgan fingerprint density at radius 1 is 1.18 bits per heavy atom. The number of sulfonamides is 1. The number of nitrogens with zero attached hydrogens (tertiary/aromatic N) is 4. The van der Waals surface area contributed by atoms with E-state index >= 15 is 0 Å². The average Bonchev–Trinajstić information content (AvgIpc) is 3.28. The lowest BCUT2D eigenvalue weighted by Gasteiger charge is -2.01. The Balaban J connectivity index is 1.46. The maximum absolute atomic E-state index is 12.5. The molecule has 0 radical (unpaired) electrons. The Hall–Kier alpha value is -3.15. The number of amides is 1. The lowest BCUT2D eigenvalue weighted by Crippen LogP contribution is -2.11. The molecule has 0 unspecified atom stereocenters. The van der Waals surface area contributed by atoms with Gasteiger partial charge in [-0.05, 0) is 23.8 Å². The van der Waals surface area contributed by atoms with Gasteiger partial charge in [-0.1, -0.05) is 12.1 Å². The second-order valence-electron chi connectivity index (χ2n) is 5.90. The first kappa shape index (κ1) is 18.2. The Morgan fingerprint density at radius 2 is 1.96 bits per heavy atom. The molecule has 11 heteroatoms. The van der Waals surface area contributed by atoms with Gasteiger partial charge in [0.05, 0.1) is 11.1 Å². The second-order valence-corrected chi connectivity index (χ2v) is 8.57. The van der Waals surface area contributed by atoms with Crippen LogP contribution in [0, 0.1) is 0 Å². The molecule has 9 nitrogen and oxygen atoms in total. The zero-order chi connectivity index (χ0) is 19.7. The molecule has 3 heterocycles. The molecule has 1 aromatic carbocycles. The summed E-state index contributed by atoms with van der Waals surface area (Å²) in [5.74, 6) is -0.341. The van der Waals surface area contributed by atoms with Crippen LogP contribution in [0.2, 0.25) is 0 Å². The number of benzene rings is 1. The molecular weight excluding hydrogens is 400 g/mol. The largest absolute Gasteiger partial charge is 0.298 e. The van der Waals surface area contributed by atoms with Crippen molar-refractivity contribution in [3.8, 4) is 0 Å². The van der Waals surface area contributed by atoms with Crippen LogP contribution in [-0.2, 0) is 16.4 Å². The number of hydrogen-bond acceptors (Lipinski definition) is 7. The van der Waals surface area contributed by atoms with E-state index in [1.807, 2.05) is 0 Å². The maximum atomic E-state index is 12.5. The van der Waals surface area contributed by atoms with E-state index in [2.05, 4.69) is 20.4 Å². The van der Waals surface area contributed by atoms with Gasteiger partial charge in [0.2, 0.25) is 10.0 Å². The molecule has 142 valence electrons. The summed E-state index contributed by atoms with van der Waals surface area (Å²) >= 11 is 1.33. The van der Waals surface area contributed by atoms with Crippen molar-refractivity contribution in [2.24, 2.45) is 5.14 Å². The SMILES string of the molecule is NS(=O)(=O)c1ccc(Cc2cnc(NC(=O)c3cnn4cccnc34)s2)cc1. The van der Waals surface area contributed by atoms with E-state index in [9.17, 15) is 13.2 Å². The van der Waals surface area contributed by atoms with Crippen LogP contribution < -0.4 is 10.5 Å². The standard InChI is InChI=1S/C17H14N6O3S2/c18-28(25,26)13-4-2-11(3-5-13)8-12-9-20-17(27-12)22-16(24)14-10-21-23-7-1-6-19-15(14)23/h1-7,9-10H,8H2,(H2,18,25,26)(H,20,22,24). The highest BCUT2D eigenvalue weighted by atomic mass is 32.2. The monoisotopic (exact) mass is 414 g/mol. The molecule has 4 rings (SSSR count). The summed E-state index contributed by atoms with van der Waals surface area (Å²) in [5.41, 5.74) is 1.73. The van der Waals surface area contributed by atoms with Crippen molar-refractivity contribution in [2.75, 3.05) is 5.32 Å². The van der Waals surface area contributed by atoms with Gasteiger partial charge >= 0.3 is 0 Å². The minimum absolute atomic E-state index is 0.0653. The van der Waals surface area contributed by atoms with Crippen LogP contribution in [0.15, 0.2) is 60.0 Å². The molecule has 0 atom stereocenters. The molecule has 0 fully saturated rings. The number of nitrogens with two attached hydrogens (primary N) is 1. The zero-order valence-corrected chi connectivity index (χ0v) is 15.9. The van der Waals surface area contributed by atoms with Crippen molar-refractivity contribution >= 4 is 38.0 Å². The fourth-order valence-corrected chi connectivity index (χ4v) is 3.95. The van der Waals surface area contributed by atoms with Gasteiger partial charge in [-0.2, -0.15) is 5.10 Å². The molecular formula is C17H14N6O3S2. The van der Waals surface area contributed by atoms with Crippen LogP contribution >= 0.6 is 11.3 Å². The van der Waals surface area contributed by atoms with Gasteiger partial charge in [0.1, 0.15) is 5.56 Å². The summed E-state index contributed by atoms with van der Waals surface area (Å²) < 4.78 is 24.1. The van der Waals surface area contributed by atoms with Crippen LogP contribution in [0.4, 0.5) is 5.13 Å². The minimum atomic E-state index is -3.71. The smallest absolute Gasteiger partial charge is 0.262 e.